The summed E-state index contributed by atoms with van der Waals surface area (Å²) in [6.45, 7) is 1.02. The van der Waals surface area contributed by atoms with Crippen LogP contribution < -0.4 is 21.9 Å². The zero-order chi connectivity index (χ0) is 14.5. The standard InChI is InChI=1S/C13H16FN5O/c14-9-2-4-10(5-3-9)19(7-1-6-15)12-11(16)13(20)18-8-17-12/h2-5,8H,1,6-7,15-16H2,(H,17,18,20). The molecule has 0 atom stereocenters. The van der Waals surface area contributed by atoms with E-state index in [1.54, 1.807) is 17.0 Å². The van der Waals surface area contributed by atoms with E-state index < -0.39 is 5.56 Å². The van der Waals surface area contributed by atoms with Gasteiger partial charge in [-0.25, -0.2) is 9.37 Å². The van der Waals surface area contributed by atoms with Crippen LogP contribution in [0.3, 0.4) is 0 Å². The van der Waals surface area contributed by atoms with Gasteiger partial charge in [-0.15, -0.1) is 0 Å². The van der Waals surface area contributed by atoms with E-state index in [1.807, 2.05) is 0 Å². The van der Waals surface area contributed by atoms with E-state index in [9.17, 15) is 9.18 Å². The van der Waals surface area contributed by atoms with E-state index in [-0.39, 0.29) is 11.5 Å². The van der Waals surface area contributed by atoms with Crippen LogP contribution >= 0.6 is 0 Å². The van der Waals surface area contributed by atoms with E-state index in [0.29, 0.717) is 31.0 Å². The fourth-order valence-electron chi connectivity index (χ4n) is 1.84. The zero-order valence-corrected chi connectivity index (χ0v) is 10.8. The molecular weight excluding hydrogens is 261 g/mol. The number of nitrogens with one attached hydrogen (secondary N) is 1. The third-order valence-corrected chi connectivity index (χ3v) is 2.85. The molecule has 2 rings (SSSR count). The average Bonchev–Trinajstić information content (AvgIpc) is 2.45. The number of H-pyrrole nitrogens is 1. The van der Waals surface area contributed by atoms with Crippen molar-refractivity contribution in [2.45, 2.75) is 6.42 Å². The van der Waals surface area contributed by atoms with Crippen LogP contribution in [0.1, 0.15) is 6.42 Å². The van der Waals surface area contributed by atoms with E-state index in [0.717, 1.165) is 0 Å². The van der Waals surface area contributed by atoms with Crippen LogP contribution in [0.25, 0.3) is 0 Å². The number of nitrogens with two attached hydrogens (primary N) is 2. The summed E-state index contributed by atoms with van der Waals surface area (Å²) in [5.74, 6) is 0.00757. The van der Waals surface area contributed by atoms with Crippen molar-refractivity contribution in [2.75, 3.05) is 23.7 Å². The van der Waals surface area contributed by atoms with Crippen molar-refractivity contribution in [3.8, 4) is 0 Å². The van der Waals surface area contributed by atoms with Crippen molar-refractivity contribution in [3.63, 3.8) is 0 Å². The molecule has 0 amide bonds. The summed E-state index contributed by atoms with van der Waals surface area (Å²) in [5, 5.41) is 0. The third kappa shape index (κ3) is 2.94. The number of hydrogen-bond donors (Lipinski definition) is 3. The number of hydrogen-bond acceptors (Lipinski definition) is 5. The zero-order valence-electron chi connectivity index (χ0n) is 10.8. The molecule has 1 aromatic carbocycles. The normalized spacial score (nSPS) is 10.5. The van der Waals surface area contributed by atoms with Gasteiger partial charge in [0.05, 0.1) is 6.33 Å². The van der Waals surface area contributed by atoms with Crippen molar-refractivity contribution >= 4 is 17.2 Å². The lowest BCUT2D eigenvalue weighted by Crippen LogP contribution is -2.26. The molecule has 2 aromatic rings. The molecule has 0 unspecified atom stereocenters. The highest BCUT2D eigenvalue weighted by atomic mass is 19.1. The molecule has 6 nitrogen and oxygen atoms in total. The lowest BCUT2D eigenvalue weighted by Gasteiger charge is -2.24. The maximum atomic E-state index is 13.0. The van der Waals surface area contributed by atoms with Gasteiger partial charge in [0, 0.05) is 12.2 Å². The molecule has 0 fully saturated rings. The monoisotopic (exact) mass is 277 g/mol. The lowest BCUT2D eigenvalue weighted by molar-refractivity contribution is 0.627. The Hall–Kier alpha value is -2.41. The van der Waals surface area contributed by atoms with E-state index in [4.69, 9.17) is 11.5 Å². The number of anilines is 3. The maximum absolute atomic E-state index is 13.0. The number of aromatic nitrogens is 2. The summed E-state index contributed by atoms with van der Waals surface area (Å²) in [6.07, 6.45) is 1.97. The molecule has 0 saturated carbocycles. The first-order chi connectivity index (χ1) is 9.63. The topological polar surface area (TPSA) is 101 Å². The van der Waals surface area contributed by atoms with E-state index in [1.165, 1.54) is 18.5 Å². The highest BCUT2D eigenvalue weighted by Gasteiger charge is 2.15. The largest absolute Gasteiger partial charge is 0.391 e. The number of nitrogen functional groups attached to an aromatic ring is 1. The van der Waals surface area contributed by atoms with Gasteiger partial charge in [0.1, 0.15) is 11.5 Å². The lowest BCUT2D eigenvalue weighted by atomic mass is 10.2. The molecule has 0 aliphatic rings. The summed E-state index contributed by atoms with van der Waals surface area (Å²) in [4.78, 5) is 19.8. The number of halogens is 1. The Kier molecular flexibility index (Phi) is 4.31. The van der Waals surface area contributed by atoms with Crippen molar-refractivity contribution in [3.05, 3.63) is 46.8 Å². The molecule has 1 heterocycles. The van der Waals surface area contributed by atoms with Crippen molar-refractivity contribution in [1.29, 1.82) is 0 Å². The minimum atomic E-state index is -0.408. The number of rotatable bonds is 5. The maximum Gasteiger partial charge on any atom is 0.276 e. The molecule has 1 aromatic heterocycles. The van der Waals surface area contributed by atoms with Crippen molar-refractivity contribution in [2.24, 2.45) is 5.73 Å². The Morgan fingerprint density at radius 1 is 1.30 bits per heavy atom. The second-order valence-electron chi connectivity index (χ2n) is 4.24. The van der Waals surface area contributed by atoms with Crippen LogP contribution in [0.2, 0.25) is 0 Å². The van der Waals surface area contributed by atoms with Gasteiger partial charge in [0.25, 0.3) is 5.56 Å². The molecule has 0 radical (unpaired) electrons. The quantitative estimate of drug-likeness (QED) is 0.756. The van der Waals surface area contributed by atoms with E-state index in [2.05, 4.69) is 9.97 Å². The summed E-state index contributed by atoms with van der Waals surface area (Å²) in [7, 11) is 0. The Morgan fingerprint density at radius 3 is 2.65 bits per heavy atom. The van der Waals surface area contributed by atoms with Gasteiger partial charge in [0.2, 0.25) is 0 Å². The Morgan fingerprint density at radius 2 is 2.00 bits per heavy atom. The minimum Gasteiger partial charge on any atom is -0.391 e. The second-order valence-corrected chi connectivity index (χ2v) is 4.24. The predicted molar refractivity (Wildman–Crippen MR) is 76.3 cm³/mol. The van der Waals surface area contributed by atoms with E-state index >= 15 is 0 Å². The van der Waals surface area contributed by atoms with Crippen LogP contribution in [-0.2, 0) is 0 Å². The summed E-state index contributed by atoms with van der Waals surface area (Å²) < 4.78 is 13.0. The molecule has 106 valence electrons. The fraction of sp³-hybridized carbons (Fsp3) is 0.231. The molecule has 0 bridgehead atoms. The van der Waals surface area contributed by atoms with Crippen LogP contribution in [0.15, 0.2) is 35.4 Å². The van der Waals surface area contributed by atoms with Gasteiger partial charge in [-0.2, -0.15) is 0 Å². The van der Waals surface area contributed by atoms with Crippen LogP contribution in [0.4, 0.5) is 21.6 Å². The van der Waals surface area contributed by atoms with Crippen LogP contribution in [-0.4, -0.2) is 23.1 Å². The molecule has 0 spiro atoms. The Bertz CT molecular complexity index is 625. The number of nitrogens with zero attached hydrogens (tertiary/aromatic N) is 2. The number of benzene rings is 1. The SMILES string of the molecule is NCCCN(c1ccc(F)cc1)c1nc[nH]c(=O)c1N. The smallest absolute Gasteiger partial charge is 0.276 e. The van der Waals surface area contributed by atoms with Gasteiger partial charge >= 0.3 is 0 Å². The van der Waals surface area contributed by atoms with Gasteiger partial charge in [-0.05, 0) is 37.2 Å². The molecule has 0 saturated heterocycles. The first-order valence-electron chi connectivity index (χ1n) is 6.20. The van der Waals surface area contributed by atoms with Crippen molar-refractivity contribution < 1.29 is 4.39 Å². The summed E-state index contributed by atoms with van der Waals surface area (Å²) >= 11 is 0. The Balaban J connectivity index is 2.44. The summed E-state index contributed by atoms with van der Waals surface area (Å²) in [6, 6.07) is 5.89. The molecule has 0 aliphatic carbocycles. The average molecular weight is 277 g/mol. The molecule has 20 heavy (non-hydrogen) atoms. The molecule has 5 N–H and O–H groups in total. The Labute approximate surface area is 115 Å². The molecule has 7 heteroatoms. The van der Waals surface area contributed by atoms with Crippen molar-refractivity contribution in [1.82, 2.24) is 9.97 Å². The molecular formula is C13H16FN5O. The van der Waals surface area contributed by atoms with Gasteiger partial charge in [-0.1, -0.05) is 0 Å². The van der Waals surface area contributed by atoms with Crippen LogP contribution in [0.5, 0.6) is 0 Å². The van der Waals surface area contributed by atoms with Gasteiger partial charge in [-0.3, -0.25) is 4.79 Å². The highest BCUT2D eigenvalue weighted by molar-refractivity contribution is 5.70. The predicted octanol–water partition coefficient (Wildman–Crippen LogP) is 0.978. The highest BCUT2D eigenvalue weighted by Crippen LogP contribution is 2.26. The number of aromatic amines is 1. The molecule has 0 aliphatic heterocycles. The minimum absolute atomic E-state index is 0.0221. The van der Waals surface area contributed by atoms with Gasteiger partial charge < -0.3 is 21.4 Å². The van der Waals surface area contributed by atoms with Crippen LogP contribution in [0, 0.1) is 5.82 Å². The van der Waals surface area contributed by atoms with Gasteiger partial charge in [0.15, 0.2) is 5.82 Å². The first kappa shape index (κ1) is 14.0. The summed E-state index contributed by atoms with van der Waals surface area (Å²) in [5.41, 5.74) is 11.6. The fourth-order valence-corrected chi connectivity index (χ4v) is 1.84. The third-order valence-electron chi connectivity index (χ3n) is 2.85. The first-order valence-corrected chi connectivity index (χ1v) is 6.20. The second kappa shape index (κ2) is 6.16.